The molecule has 2 amide bonds. The molecule has 2 aromatic carbocycles. The van der Waals surface area contributed by atoms with E-state index in [0.717, 1.165) is 10.0 Å². The van der Waals surface area contributed by atoms with Crippen LogP contribution in [0.25, 0.3) is 11.3 Å². The number of hydrazine groups is 1. The summed E-state index contributed by atoms with van der Waals surface area (Å²) in [4.78, 5) is 24.5. The highest BCUT2D eigenvalue weighted by Crippen LogP contribution is 2.30. The Hall–Kier alpha value is -3.33. The molecular formula is C19H15BrN4O4. The van der Waals surface area contributed by atoms with Gasteiger partial charge in [0.1, 0.15) is 18.9 Å². The smallest absolute Gasteiger partial charge is 0.287 e. The molecule has 3 N–H and O–H groups in total. The number of hydrogen-bond acceptors (Lipinski definition) is 5. The molecule has 4 rings (SSSR count). The van der Waals surface area contributed by atoms with Gasteiger partial charge in [-0.2, -0.15) is 5.10 Å². The summed E-state index contributed by atoms with van der Waals surface area (Å²) < 4.78 is 11.8. The standard InChI is InChI=1S/C19H15BrN4O4/c20-13-4-1-11(2-5-13)14-10-15(22-21-14)19(26)24-23-18(25)12-3-6-16-17(9-12)28-8-7-27-16/h1-6,9-10H,7-8H2,(H,21,22)(H,23,25)(H,24,26). The molecule has 1 aromatic heterocycles. The van der Waals surface area contributed by atoms with E-state index >= 15 is 0 Å². The third-order valence-electron chi connectivity index (χ3n) is 4.06. The van der Waals surface area contributed by atoms with Gasteiger partial charge in [-0.05, 0) is 36.4 Å². The molecule has 1 aliphatic heterocycles. The first-order chi connectivity index (χ1) is 13.6. The Bertz CT molecular complexity index is 1030. The van der Waals surface area contributed by atoms with Crippen molar-refractivity contribution in [1.82, 2.24) is 21.0 Å². The molecular weight excluding hydrogens is 428 g/mol. The third kappa shape index (κ3) is 3.84. The number of aromatic nitrogens is 2. The first-order valence-corrected chi connectivity index (χ1v) is 9.21. The van der Waals surface area contributed by atoms with Gasteiger partial charge in [0.2, 0.25) is 0 Å². The summed E-state index contributed by atoms with van der Waals surface area (Å²) >= 11 is 3.37. The average molecular weight is 443 g/mol. The fraction of sp³-hybridized carbons (Fsp3) is 0.105. The molecule has 0 bridgehead atoms. The van der Waals surface area contributed by atoms with Crippen molar-refractivity contribution < 1.29 is 19.1 Å². The lowest BCUT2D eigenvalue weighted by Crippen LogP contribution is -2.41. The van der Waals surface area contributed by atoms with Crippen LogP contribution in [0.15, 0.2) is 53.0 Å². The molecule has 0 saturated carbocycles. The number of carbonyl (C=O) groups is 2. The number of ether oxygens (including phenoxy) is 2. The highest BCUT2D eigenvalue weighted by Gasteiger charge is 2.16. The summed E-state index contributed by atoms with van der Waals surface area (Å²) in [5.74, 6) is 0.0995. The van der Waals surface area contributed by atoms with Gasteiger partial charge in [-0.25, -0.2) is 0 Å². The molecule has 0 atom stereocenters. The van der Waals surface area contributed by atoms with Crippen LogP contribution in [-0.4, -0.2) is 35.2 Å². The van der Waals surface area contributed by atoms with Gasteiger partial charge >= 0.3 is 0 Å². The minimum Gasteiger partial charge on any atom is -0.486 e. The second-order valence-corrected chi connectivity index (χ2v) is 6.86. The van der Waals surface area contributed by atoms with Crippen LogP contribution < -0.4 is 20.3 Å². The Kier molecular flexibility index (Phi) is 4.98. The number of aromatic amines is 1. The lowest BCUT2D eigenvalue weighted by Gasteiger charge is -2.18. The summed E-state index contributed by atoms with van der Waals surface area (Å²) in [5, 5.41) is 6.79. The molecule has 1 aliphatic rings. The minimum atomic E-state index is -0.512. The molecule has 0 spiro atoms. The molecule has 2 heterocycles. The number of nitrogens with zero attached hydrogens (tertiary/aromatic N) is 1. The molecule has 0 aliphatic carbocycles. The topological polar surface area (TPSA) is 105 Å². The Morgan fingerprint density at radius 2 is 1.64 bits per heavy atom. The Morgan fingerprint density at radius 1 is 0.929 bits per heavy atom. The van der Waals surface area contributed by atoms with Gasteiger partial charge in [-0.15, -0.1) is 0 Å². The van der Waals surface area contributed by atoms with Crippen LogP contribution in [-0.2, 0) is 0 Å². The van der Waals surface area contributed by atoms with E-state index in [0.29, 0.717) is 36.0 Å². The zero-order valence-corrected chi connectivity index (χ0v) is 16.1. The number of fused-ring (bicyclic) bond motifs is 1. The van der Waals surface area contributed by atoms with E-state index in [1.807, 2.05) is 24.3 Å². The van der Waals surface area contributed by atoms with Crippen molar-refractivity contribution in [3.8, 4) is 22.8 Å². The molecule has 142 valence electrons. The van der Waals surface area contributed by atoms with Gasteiger partial charge < -0.3 is 9.47 Å². The predicted molar refractivity (Wildman–Crippen MR) is 104 cm³/mol. The van der Waals surface area contributed by atoms with Crippen LogP contribution in [0, 0.1) is 0 Å². The summed E-state index contributed by atoms with van der Waals surface area (Å²) in [6, 6.07) is 14.0. The quantitative estimate of drug-likeness (QED) is 0.540. The zero-order valence-electron chi connectivity index (χ0n) is 14.5. The Balaban J connectivity index is 1.39. The highest BCUT2D eigenvalue weighted by molar-refractivity contribution is 9.10. The maximum atomic E-state index is 12.3. The lowest BCUT2D eigenvalue weighted by molar-refractivity contribution is 0.0843. The Labute approximate surface area is 168 Å². The van der Waals surface area contributed by atoms with Crippen LogP contribution in [0.5, 0.6) is 11.5 Å². The van der Waals surface area contributed by atoms with Crippen molar-refractivity contribution in [2.75, 3.05) is 13.2 Å². The van der Waals surface area contributed by atoms with E-state index in [9.17, 15) is 9.59 Å². The molecule has 9 heteroatoms. The second kappa shape index (κ2) is 7.73. The maximum absolute atomic E-state index is 12.3. The normalized spacial score (nSPS) is 12.3. The van der Waals surface area contributed by atoms with Crippen LogP contribution in [0.3, 0.4) is 0 Å². The Morgan fingerprint density at radius 3 is 2.43 bits per heavy atom. The third-order valence-corrected chi connectivity index (χ3v) is 4.59. The molecule has 8 nitrogen and oxygen atoms in total. The van der Waals surface area contributed by atoms with Crippen molar-refractivity contribution in [3.63, 3.8) is 0 Å². The van der Waals surface area contributed by atoms with Crippen molar-refractivity contribution in [3.05, 3.63) is 64.3 Å². The number of carbonyl (C=O) groups excluding carboxylic acids is 2. The first kappa shape index (κ1) is 18.1. The van der Waals surface area contributed by atoms with Crippen LogP contribution >= 0.6 is 15.9 Å². The van der Waals surface area contributed by atoms with Crippen LogP contribution in [0.4, 0.5) is 0 Å². The second-order valence-electron chi connectivity index (χ2n) is 5.94. The van der Waals surface area contributed by atoms with Gasteiger partial charge in [-0.1, -0.05) is 28.1 Å². The monoisotopic (exact) mass is 442 g/mol. The summed E-state index contributed by atoms with van der Waals surface area (Å²) in [6.45, 7) is 0.899. The number of H-pyrrole nitrogens is 1. The average Bonchev–Trinajstić information content (AvgIpc) is 3.22. The number of halogens is 1. The zero-order chi connectivity index (χ0) is 19.5. The summed E-state index contributed by atoms with van der Waals surface area (Å²) in [7, 11) is 0. The molecule has 0 fully saturated rings. The SMILES string of the molecule is O=C(NNC(=O)c1cc(-c2ccc(Br)cc2)n[nH]1)c1ccc2c(c1)OCCO2. The molecule has 0 unspecified atom stereocenters. The number of benzene rings is 2. The molecule has 0 saturated heterocycles. The fourth-order valence-electron chi connectivity index (χ4n) is 2.64. The predicted octanol–water partition coefficient (Wildman–Crippen LogP) is 2.69. The van der Waals surface area contributed by atoms with Crippen LogP contribution in [0.2, 0.25) is 0 Å². The van der Waals surface area contributed by atoms with E-state index in [2.05, 4.69) is 37.0 Å². The van der Waals surface area contributed by atoms with E-state index in [1.54, 1.807) is 24.3 Å². The molecule has 28 heavy (non-hydrogen) atoms. The number of amides is 2. The lowest BCUT2D eigenvalue weighted by atomic mass is 10.1. The van der Waals surface area contributed by atoms with E-state index in [-0.39, 0.29) is 5.69 Å². The number of nitrogens with one attached hydrogen (secondary N) is 3. The van der Waals surface area contributed by atoms with Crippen molar-refractivity contribution in [2.45, 2.75) is 0 Å². The van der Waals surface area contributed by atoms with Crippen LogP contribution in [0.1, 0.15) is 20.8 Å². The number of hydrogen-bond donors (Lipinski definition) is 3. The molecule has 0 radical (unpaired) electrons. The maximum Gasteiger partial charge on any atom is 0.287 e. The van der Waals surface area contributed by atoms with Gasteiger partial charge in [0, 0.05) is 15.6 Å². The van der Waals surface area contributed by atoms with Crippen molar-refractivity contribution in [1.29, 1.82) is 0 Å². The largest absolute Gasteiger partial charge is 0.486 e. The first-order valence-electron chi connectivity index (χ1n) is 8.42. The van der Waals surface area contributed by atoms with E-state index in [1.165, 1.54) is 0 Å². The van der Waals surface area contributed by atoms with Gasteiger partial charge in [0.15, 0.2) is 11.5 Å². The van der Waals surface area contributed by atoms with E-state index in [4.69, 9.17) is 9.47 Å². The van der Waals surface area contributed by atoms with Gasteiger partial charge in [0.25, 0.3) is 11.8 Å². The van der Waals surface area contributed by atoms with Gasteiger partial charge in [0.05, 0.1) is 5.69 Å². The molecule has 3 aromatic rings. The van der Waals surface area contributed by atoms with Gasteiger partial charge in [-0.3, -0.25) is 25.5 Å². The highest BCUT2D eigenvalue weighted by atomic mass is 79.9. The van der Waals surface area contributed by atoms with E-state index < -0.39 is 11.8 Å². The summed E-state index contributed by atoms with van der Waals surface area (Å²) in [6.07, 6.45) is 0. The van der Waals surface area contributed by atoms with Crippen molar-refractivity contribution in [2.24, 2.45) is 0 Å². The number of rotatable bonds is 3. The summed E-state index contributed by atoms with van der Waals surface area (Å²) in [5.41, 5.74) is 6.77. The van der Waals surface area contributed by atoms with Crippen molar-refractivity contribution >= 4 is 27.7 Å². The fourth-order valence-corrected chi connectivity index (χ4v) is 2.91. The minimum absolute atomic E-state index is 0.223.